The van der Waals surface area contributed by atoms with Crippen molar-refractivity contribution in [2.24, 2.45) is 0 Å². The van der Waals surface area contributed by atoms with E-state index in [1.807, 2.05) is 32.0 Å². The van der Waals surface area contributed by atoms with Crippen LogP contribution in [0, 0.1) is 6.92 Å². The molecule has 4 nitrogen and oxygen atoms in total. The number of Topliss-reactive ketones (excluding diaryl/α,β-unsaturated/α-hetero) is 1. The quantitative estimate of drug-likeness (QED) is 0.878. The van der Waals surface area contributed by atoms with Gasteiger partial charge in [0.05, 0.1) is 5.56 Å². The Kier molecular flexibility index (Phi) is 5.09. The number of nitrogens with one attached hydrogen (secondary N) is 1. The Hall–Kier alpha value is -2.33. The molecule has 0 aromatic heterocycles. The average Bonchev–Trinajstić information content (AvgIpc) is 2.89. The van der Waals surface area contributed by atoms with Crippen LogP contribution in [0.15, 0.2) is 36.4 Å². The smallest absolute Gasteiger partial charge is 0.258 e. The molecule has 0 radical (unpaired) electrons. The van der Waals surface area contributed by atoms with Gasteiger partial charge in [-0.25, -0.2) is 0 Å². The molecule has 0 aliphatic heterocycles. The molecule has 5 heteroatoms. The van der Waals surface area contributed by atoms with Crippen LogP contribution in [0.25, 0.3) is 0 Å². The number of aryl methyl sites for hydroxylation is 1. The van der Waals surface area contributed by atoms with E-state index in [-0.39, 0.29) is 24.2 Å². The molecule has 2 aromatic rings. The number of hydrogen-bond acceptors (Lipinski definition) is 3. The van der Waals surface area contributed by atoms with Crippen LogP contribution in [0.3, 0.4) is 0 Å². The number of ketones is 1. The van der Waals surface area contributed by atoms with E-state index in [4.69, 9.17) is 16.3 Å². The highest BCUT2D eigenvalue weighted by atomic mass is 35.5. The molecule has 25 heavy (non-hydrogen) atoms. The Morgan fingerprint density at radius 3 is 2.68 bits per heavy atom. The first kappa shape index (κ1) is 17.5. The van der Waals surface area contributed by atoms with E-state index in [2.05, 4.69) is 5.32 Å². The third kappa shape index (κ3) is 3.85. The maximum absolute atomic E-state index is 12.2. The minimum Gasteiger partial charge on any atom is -0.483 e. The zero-order valence-corrected chi connectivity index (χ0v) is 15.0. The van der Waals surface area contributed by atoms with Gasteiger partial charge in [-0.05, 0) is 47.7 Å². The average molecular weight is 358 g/mol. The van der Waals surface area contributed by atoms with Crippen LogP contribution in [-0.4, -0.2) is 18.3 Å². The third-order valence-corrected chi connectivity index (χ3v) is 4.70. The molecule has 1 aliphatic rings. The molecule has 1 N–H and O–H groups in total. The summed E-state index contributed by atoms with van der Waals surface area (Å²) >= 11 is 5.84. The van der Waals surface area contributed by atoms with Gasteiger partial charge < -0.3 is 10.1 Å². The maximum atomic E-state index is 12.2. The molecule has 3 rings (SSSR count). The van der Waals surface area contributed by atoms with Crippen LogP contribution in [0.1, 0.15) is 46.3 Å². The van der Waals surface area contributed by atoms with E-state index in [1.54, 1.807) is 18.2 Å². The Bertz CT molecular complexity index is 814. The molecule has 130 valence electrons. The molecule has 1 amide bonds. The zero-order chi connectivity index (χ0) is 18.0. The summed E-state index contributed by atoms with van der Waals surface area (Å²) in [7, 11) is 0. The van der Waals surface area contributed by atoms with Gasteiger partial charge in [0.2, 0.25) is 0 Å². The summed E-state index contributed by atoms with van der Waals surface area (Å²) in [6, 6.07) is 11.0. The van der Waals surface area contributed by atoms with Gasteiger partial charge in [0.1, 0.15) is 5.75 Å². The third-order valence-electron chi connectivity index (χ3n) is 4.45. The Balaban J connectivity index is 1.61. The van der Waals surface area contributed by atoms with E-state index in [0.29, 0.717) is 29.3 Å². The molecular formula is C20H20ClNO3. The van der Waals surface area contributed by atoms with Gasteiger partial charge in [-0.15, -0.1) is 0 Å². The minimum absolute atomic E-state index is 0.0859. The number of amides is 1. The van der Waals surface area contributed by atoms with Crippen LogP contribution >= 0.6 is 11.6 Å². The van der Waals surface area contributed by atoms with Crippen molar-refractivity contribution in [3.05, 3.63) is 63.7 Å². The molecule has 0 saturated carbocycles. The van der Waals surface area contributed by atoms with E-state index >= 15 is 0 Å². The number of hydrogen-bond donors (Lipinski definition) is 1. The van der Waals surface area contributed by atoms with E-state index in [0.717, 1.165) is 16.7 Å². The van der Waals surface area contributed by atoms with Crippen LogP contribution in [0.4, 0.5) is 0 Å². The predicted octanol–water partition coefficient (Wildman–Crippen LogP) is 4.03. The molecule has 1 unspecified atom stereocenters. The summed E-state index contributed by atoms with van der Waals surface area (Å²) in [6.07, 6.45) is 0.499. The van der Waals surface area contributed by atoms with Gasteiger partial charge >= 0.3 is 0 Å². The van der Waals surface area contributed by atoms with Crippen LogP contribution in [0.2, 0.25) is 5.02 Å². The summed E-state index contributed by atoms with van der Waals surface area (Å²) in [5.74, 6) is 0.548. The minimum atomic E-state index is -0.234. The van der Waals surface area contributed by atoms with Crippen LogP contribution in [0.5, 0.6) is 5.75 Å². The lowest BCUT2D eigenvalue weighted by Gasteiger charge is -2.13. The standard InChI is InChI=1S/C20H20ClNO3/c1-12-3-8-17(20-16(23)9-13(2)19(12)20)25-11-18(24)22-10-14-4-6-15(21)7-5-14/h3-8,13H,9-11H2,1-2H3,(H,22,24). The van der Waals surface area contributed by atoms with Crippen molar-refractivity contribution in [2.75, 3.05) is 6.61 Å². The summed E-state index contributed by atoms with van der Waals surface area (Å²) in [5.41, 5.74) is 3.73. The van der Waals surface area contributed by atoms with Crippen molar-refractivity contribution in [1.82, 2.24) is 5.32 Å². The SMILES string of the molecule is Cc1ccc(OCC(=O)NCc2ccc(Cl)cc2)c2c1C(C)CC2=O. The maximum Gasteiger partial charge on any atom is 0.258 e. The van der Waals surface area contributed by atoms with Crippen molar-refractivity contribution >= 4 is 23.3 Å². The monoisotopic (exact) mass is 357 g/mol. The van der Waals surface area contributed by atoms with Gasteiger partial charge in [-0.3, -0.25) is 9.59 Å². The number of benzene rings is 2. The Morgan fingerprint density at radius 1 is 1.24 bits per heavy atom. The second kappa shape index (κ2) is 7.28. The molecule has 0 spiro atoms. The van der Waals surface area contributed by atoms with Crippen LogP contribution in [-0.2, 0) is 11.3 Å². The number of halogens is 1. The fourth-order valence-electron chi connectivity index (χ4n) is 3.23. The summed E-state index contributed by atoms with van der Waals surface area (Å²) < 4.78 is 5.64. The largest absolute Gasteiger partial charge is 0.483 e. The molecule has 1 atom stereocenters. The lowest BCUT2D eigenvalue weighted by atomic mass is 9.97. The highest BCUT2D eigenvalue weighted by molar-refractivity contribution is 6.30. The lowest BCUT2D eigenvalue weighted by molar-refractivity contribution is -0.123. The molecule has 2 aromatic carbocycles. The van der Waals surface area contributed by atoms with E-state index in [1.165, 1.54) is 0 Å². The fraction of sp³-hybridized carbons (Fsp3) is 0.300. The first-order chi connectivity index (χ1) is 12.0. The lowest BCUT2D eigenvalue weighted by Crippen LogP contribution is -2.28. The van der Waals surface area contributed by atoms with Crippen LogP contribution < -0.4 is 10.1 Å². The van der Waals surface area contributed by atoms with E-state index < -0.39 is 0 Å². The molecule has 1 aliphatic carbocycles. The topological polar surface area (TPSA) is 55.4 Å². The second-order valence-corrected chi connectivity index (χ2v) is 6.83. The molecule has 0 bridgehead atoms. The molecule has 0 fully saturated rings. The van der Waals surface area contributed by atoms with Gasteiger partial charge in [-0.2, -0.15) is 0 Å². The fourth-order valence-corrected chi connectivity index (χ4v) is 3.35. The predicted molar refractivity (Wildman–Crippen MR) is 97.3 cm³/mol. The number of carbonyl (C=O) groups is 2. The van der Waals surface area contributed by atoms with Gasteiger partial charge in [0.25, 0.3) is 5.91 Å². The van der Waals surface area contributed by atoms with Crippen molar-refractivity contribution < 1.29 is 14.3 Å². The molecular weight excluding hydrogens is 338 g/mol. The summed E-state index contributed by atoms with van der Waals surface area (Å²) in [5, 5.41) is 3.45. The van der Waals surface area contributed by atoms with Crippen molar-refractivity contribution in [3.63, 3.8) is 0 Å². The van der Waals surface area contributed by atoms with Gasteiger partial charge in [0.15, 0.2) is 12.4 Å². The second-order valence-electron chi connectivity index (χ2n) is 6.39. The normalized spacial score (nSPS) is 15.8. The number of carbonyl (C=O) groups excluding carboxylic acids is 2. The highest BCUT2D eigenvalue weighted by Crippen LogP contribution is 2.40. The zero-order valence-electron chi connectivity index (χ0n) is 14.3. The number of ether oxygens (including phenoxy) is 1. The van der Waals surface area contributed by atoms with Gasteiger partial charge in [-0.1, -0.05) is 36.7 Å². The first-order valence-corrected chi connectivity index (χ1v) is 8.64. The number of fused-ring (bicyclic) bond motifs is 1. The van der Waals surface area contributed by atoms with Crippen molar-refractivity contribution in [1.29, 1.82) is 0 Å². The van der Waals surface area contributed by atoms with Gasteiger partial charge in [0, 0.05) is 18.0 Å². The first-order valence-electron chi connectivity index (χ1n) is 8.26. The summed E-state index contributed by atoms with van der Waals surface area (Å²) in [4.78, 5) is 24.3. The van der Waals surface area contributed by atoms with Crippen molar-refractivity contribution in [2.45, 2.75) is 32.7 Å². The summed E-state index contributed by atoms with van der Waals surface area (Å²) in [6.45, 7) is 4.32. The highest BCUT2D eigenvalue weighted by Gasteiger charge is 2.31. The van der Waals surface area contributed by atoms with Crippen molar-refractivity contribution in [3.8, 4) is 5.75 Å². The molecule has 0 saturated heterocycles. The Morgan fingerprint density at radius 2 is 1.96 bits per heavy atom. The Labute approximate surface area is 152 Å². The number of rotatable bonds is 5. The van der Waals surface area contributed by atoms with E-state index in [9.17, 15) is 9.59 Å². The molecule has 0 heterocycles.